The van der Waals surface area contributed by atoms with Gasteiger partial charge in [0.2, 0.25) is 0 Å². The Morgan fingerprint density at radius 2 is 2.00 bits per heavy atom. The molecule has 1 unspecified atom stereocenters. The van der Waals surface area contributed by atoms with Crippen LogP contribution in [0.1, 0.15) is 36.1 Å². The van der Waals surface area contributed by atoms with E-state index in [0.29, 0.717) is 35.5 Å². The van der Waals surface area contributed by atoms with E-state index in [-0.39, 0.29) is 6.10 Å². The van der Waals surface area contributed by atoms with Gasteiger partial charge in [0.15, 0.2) is 11.5 Å². The van der Waals surface area contributed by atoms with E-state index in [0.717, 1.165) is 40.4 Å². The number of nitrogens with zero attached hydrogens (tertiary/aromatic N) is 1. The average Bonchev–Trinajstić information content (AvgIpc) is 3.24. The van der Waals surface area contributed by atoms with Crippen LogP contribution in [-0.4, -0.2) is 32.4 Å². The van der Waals surface area contributed by atoms with Crippen LogP contribution in [0.5, 0.6) is 17.2 Å². The van der Waals surface area contributed by atoms with Crippen molar-refractivity contribution in [2.24, 2.45) is 4.99 Å². The Bertz CT molecular complexity index is 1210. The van der Waals surface area contributed by atoms with Crippen molar-refractivity contribution in [2.45, 2.75) is 26.1 Å². The van der Waals surface area contributed by atoms with Gasteiger partial charge in [-0.15, -0.1) is 0 Å². The number of hydrogen-bond acceptors (Lipinski definition) is 5. The number of halogens is 1. The smallest absolute Gasteiger partial charge is 0.167 e. The van der Waals surface area contributed by atoms with Crippen molar-refractivity contribution in [2.75, 3.05) is 27.4 Å². The van der Waals surface area contributed by atoms with Crippen molar-refractivity contribution in [1.82, 2.24) is 4.98 Å². The molecule has 3 aromatic rings. The molecule has 1 atom stereocenters. The number of rotatable bonds is 9. The summed E-state index contributed by atoms with van der Waals surface area (Å²) in [5.41, 5.74) is 3.68. The topological polar surface area (TPSA) is 65.1 Å². The van der Waals surface area contributed by atoms with Gasteiger partial charge >= 0.3 is 0 Å². The molecule has 168 valence electrons. The van der Waals surface area contributed by atoms with Crippen molar-refractivity contribution < 1.29 is 18.9 Å². The second-order valence-corrected chi connectivity index (χ2v) is 7.76. The van der Waals surface area contributed by atoms with E-state index in [9.17, 15) is 0 Å². The molecule has 0 saturated carbocycles. The zero-order valence-corrected chi connectivity index (χ0v) is 19.2. The van der Waals surface area contributed by atoms with Crippen molar-refractivity contribution in [3.63, 3.8) is 0 Å². The zero-order valence-electron chi connectivity index (χ0n) is 18.5. The van der Waals surface area contributed by atoms with Gasteiger partial charge in [-0.25, -0.2) is 0 Å². The van der Waals surface area contributed by atoms with Crippen LogP contribution in [0.2, 0.25) is 5.02 Å². The minimum absolute atomic E-state index is 0.302. The molecule has 0 spiro atoms. The van der Waals surface area contributed by atoms with Gasteiger partial charge in [-0.1, -0.05) is 35.9 Å². The van der Waals surface area contributed by atoms with E-state index in [2.05, 4.69) is 16.1 Å². The third-order valence-electron chi connectivity index (χ3n) is 5.42. The molecule has 0 saturated heterocycles. The number of fused-ring (bicyclic) bond motifs is 1. The number of aromatic nitrogens is 1. The fourth-order valence-corrected chi connectivity index (χ4v) is 4.11. The quantitative estimate of drug-likeness (QED) is 0.526. The number of methoxy groups -OCH3 is 2. The van der Waals surface area contributed by atoms with E-state index in [4.69, 9.17) is 30.5 Å². The molecule has 0 radical (unpaired) electrons. The van der Waals surface area contributed by atoms with E-state index in [1.807, 2.05) is 43.5 Å². The molecule has 2 aromatic carbocycles. The van der Waals surface area contributed by atoms with Crippen molar-refractivity contribution >= 4 is 17.7 Å². The van der Waals surface area contributed by atoms with Gasteiger partial charge in [0, 0.05) is 41.8 Å². The third kappa shape index (κ3) is 4.47. The lowest BCUT2D eigenvalue weighted by molar-refractivity contribution is 0.131. The first-order valence-corrected chi connectivity index (χ1v) is 11.0. The van der Waals surface area contributed by atoms with E-state index >= 15 is 0 Å². The Hall–Kier alpha value is -2.96. The molecule has 32 heavy (non-hydrogen) atoms. The van der Waals surface area contributed by atoms with Crippen LogP contribution in [0.3, 0.4) is 0 Å². The maximum atomic E-state index is 6.39. The lowest BCUT2D eigenvalue weighted by Crippen LogP contribution is -2.30. The minimum Gasteiger partial charge on any atom is -0.497 e. The van der Waals surface area contributed by atoms with Crippen LogP contribution in [0, 0.1) is 0 Å². The molecule has 1 N–H and O–H groups in total. The Balaban J connectivity index is 1.68. The molecular weight excluding hydrogens is 428 g/mol. The van der Waals surface area contributed by atoms with Crippen molar-refractivity contribution in [1.29, 1.82) is 0 Å². The zero-order chi connectivity index (χ0) is 22.5. The first kappa shape index (κ1) is 22.2. The van der Waals surface area contributed by atoms with Gasteiger partial charge in [-0.3, -0.25) is 4.99 Å². The van der Waals surface area contributed by atoms with Gasteiger partial charge in [0.1, 0.15) is 23.9 Å². The lowest BCUT2D eigenvalue weighted by atomic mass is 10.00. The van der Waals surface area contributed by atoms with E-state index in [1.165, 1.54) is 0 Å². The molecule has 1 aliphatic rings. The monoisotopic (exact) mass is 454 g/mol. The summed E-state index contributed by atoms with van der Waals surface area (Å²) in [5.74, 6) is 2.00. The molecule has 1 aromatic heterocycles. The van der Waals surface area contributed by atoms with Gasteiger partial charge < -0.3 is 23.9 Å². The lowest BCUT2D eigenvalue weighted by Gasteiger charge is -2.21. The number of H-pyrrole nitrogens is 1. The van der Waals surface area contributed by atoms with Crippen LogP contribution in [-0.2, 0) is 11.3 Å². The Kier molecular flexibility index (Phi) is 7.02. The molecule has 4 rings (SSSR count). The molecule has 2 heterocycles. The predicted octanol–water partition coefficient (Wildman–Crippen LogP) is 4.19. The SMILES string of the molecule is CCOc1c(OCc2ccc(OC)cc2Cl)cccc1C(OC)c1c[nH]c2c1=CCCN=2. The standard InChI is InChI=1S/C25H27ClN2O4/c1-4-31-24-19(23(30-3)20-14-28-25-18(20)8-6-12-27-25)7-5-9-22(24)32-15-16-10-11-17(29-2)13-21(16)26/h5,7-11,13-14,23H,4,6,12,15H2,1-3H3,(H,27,28). The number of benzene rings is 2. The molecular formula is C25H27ClN2O4. The minimum atomic E-state index is -0.325. The van der Waals surface area contributed by atoms with Crippen molar-refractivity contribution in [3.8, 4) is 17.2 Å². The van der Waals surface area contributed by atoms with Crippen LogP contribution >= 0.6 is 11.6 Å². The first-order chi connectivity index (χ1) is 15.7. The van der Waals surface area contributed by atoms with Crippen LogP contribution < -0.4 is 24.9 Å². The van der Waals surface area contributed by atoms with Gasteiger partial charge in [-0.2, -0.15) is 0 Å². The summed E-state index contributed by atoms with van der Waals surface area (Å²) in [6.07, 6.45) is 4.75. The van der Waals surface area contributed by atoms with Crippen LogP contribution in [0.4, 0.5) is 0 Å². The highest BCUT2D eigenvalue weighted by molar-refractivity contribution is 6.31. The summed E-state index contributed by atoms with van der Waals surface area (Å²) < 4.78 is 23.4. The second kappa shape index (κ2) is 10.1. The maximum Gasteiger partial charge on any atom is 0.167 e. The molecule has 0 fully saturated rings. The Labute approximate surface area is 192 Å². The number of aromatic amines is 1. The summed E-state index contributed by atoms with van der Waals surface area (Å²) in [6, 6.07) is 11.4. The molecule has 0 aliphatic carbocycles. The highest BCUT2D eigenvalue weighted by atomic mass is 35.5. The predicted molar refractivity (Wildman–Crippen MR) is 124 cm³/mol. The fourth-order valence-electron chi connectivity index (χ4n) is 3.89. The number of ether oxygens (including phenoxy) is 4. The molecule has 1 aliphatic heterocycles. The second-order valence-electron chi connectivity index (χ2n) is 7.35. The Morgan fingerprint density at radius 1 is 1.12 bits per heavy atom. The normalized spacial score (nSPS) is 13.5. The summed E-state index contributed by atoms with van der Waals surface area (Å²) in [6.45, 7) is 3.55. The van der Waals surface area contributed by atoms with Gasteiger partial charge in [-0.05, 0) is 31.5 Å². The van der Waals surface area contributed by atoms with Gasteiger partial charge in [0.25, 0.3) is 0 Å². The highest BCUT2D eigenvalue weighted by Gasteiger charge is 2.24. The van der Waals surface area contributed by atoms with Gasteiger partial charge in [0.05, 0.1) is 18.7 Å². The summed E-state index contributed by atoms with van der Waals surface area (Å²) in [5, 5.41) is 1.67. The average molecular weight is 455 g/mol. The Morgan fingerprint density at radius 3 is 2.75 bits per heavy atom. The summed E-state index contributed by atoms with van der Waals surface area (Å²) in [4.78, 5) is 7.83. The fraction of sp³-hybridized carbons (Fsp3) is 0.320. The molecule has 7 heteroatoms. The van der Waals surface area contributed by atoms with E-state index in [1.54, 1.807) is 20.3 Å². The van der Waals surface area contributed by atoms with Crippen LogP contribution in [0.15, 0.2) is 47.6 Å². The largest absolute Gasteiger partial charge is 0.497 e. The summed E-state index contributed by atoms with van der Waals surface area (Å²) >= 11 is 6.39. The summed E-state index contributed by atoms with van der Waals surface area (Å²) in [7, 11) is 3.31. The van der Waals surface area contributed by atoms with Crippen molar-refractivity contribution in [3.05, 3.63) is 75.0 Å². The third-order valence-corrected chi connectivity index (χ3v) is 5.77. The molecule has 6 nitrogen and oxygen atoms in total. The number of para-hydroxylation sites is 1. The number of nitrogens with one attached hydrogen (secondary N) is 1. The van der Waals surface area contributed by atoms with Crippen LogP contribution in [0.25, 0.3) is 6.08 Å². The molecule has 0 amide bonds. The van der Waals surface area contributed by atoms with E-state index < -0.39 is 0 Å². The molecule has 0 bridgehead atoms. The first-order valence-electron chi connectivity index (χ1n) is 10.6. The highest BCUT2D eigenvalue weighted by Crippen LogP contribution is 2.39. The maximum absolute atomic E-state index is 6.39. The number of hydrogen-bond donors (Lipinski definition) is 1.